The first-order chi connectivity index (χ1) is 9.97. The van der Waals surface area contributed by atoms with Crippen molar-refractivity contribution in [2.75, 3.05) is 58.9 Å². The molecule has 0 aliphatic carbocycles. The minimum absolute atomic E-state index is 0.316. The summed E-state index contributed by atoms with van der Waals surface area (Å²) in [5.74, 6) is 0.316. The van der Waals surface area contributed by atoms with Crippen molar-refractivity contribution >= 4 is 5.91 Å². The lowest BCUT2D eigenvalue weighted by atomic mass is 10.2. The van der Waals surface area contributed by atoms with Gasteiger partial charge in [0, 0.05) is 64.4 Å². The predicted octanol–water partition coefficient (Wildman–Crippen LogP) is 0.565. The topological polar surface area (TPSA) is 30.0 Å². The van der Waals surface area contributed by atoms with E-state index in [0.717, 1.165) is 52.4 Å². The fourth-order valence-electron chi connectivity index (χ4n) is 3.22. The summed E-state index contributed by atoms with van der Waals surface area (Å²) in [6, 6.07) is 1.21. The summed E-state index contributed by atoms with van der Waals surface area (Å²) in [6.07, 6.45) is 0. The second-order valence-electron chi connectivity index (χ2n) is 6.92. The number of carbonyl (C=O) groups is 1. The monoisotopic (exact) mass is 296 g/mol. The fraction of sp³-hybridized carbons (Fsp3) is 0.938. The average molecular weight is 296 g/mol. The van der Waals surface area contributed by atoms with Crippen LogP contribution in [0.15, 0.2) is 0 Å². The van der Waals surface area contributed by atoms with Crippen LogP contribution in [0.25, 0.3) is 0 Å². The molecule has 1 amide bonds. The van der Waals surface area contributed by atoms with Gasteiger partial charge in [-0.2, -0.15) is 0 Å². The van der Waals surface area contributed by atoms with Crippen LogP contribution in [0.4, 0.5) is 0 Å². The third kappa shape index (κ3) is 4.66. The molecule has 2 aliphatic rings. The molecule has 2 heterocycles. The van der Waals surface area contributed by atoms with Crippen molar-refractivity contribution in [1.82, 2.24) is 19.6 Å². The molecule has 21 heavy (non-hydrogen) atoms. The van der Waals surface area contributed by atoms with Crippen LogP contribution in [0.5, 0.6) is 0 Å². The van der Waals surface area contributed by atoms with Gasteiger partial charge in [0.25, 0.3) is 0 Å². The number of hydrogen-bond acceptors (Lipinski definition) is 4. The van der Waals surface area contributed by atoms with Gasteiger partial charge in [0.1, 0.15) is 0 Å². The number of amides is 1. The molecule has 2 fully saturated rings. The molecule has 0 aromatic carbocycles. The van der Waals surface area contributed by atoms with E-state index in [0.29, 0.717) is 24.5 Å². The lowest BCUT2D eigenvalue weighted by Gasteiger charge is -2.39. The van der Waals surface area contributed by atoms with Crippen molar-refractivity contribution < 1.29 is 4.79 Å². The molecular weight excluding hydrogens is 264 g/mol. The van der Waals surface area contributed by atoms with Crippen LogP contribution in [-0.2, 0) is 4.79 Å². The summed E-state index contributed by atoms with van der Waals surface area (Å²) >= 11 is 0. The first-order valence-corrected chi connectivity index (χ1v) is 8.45. The van der Waals surface area contributed by atoms with E-state index in [2.05, 4.69) is 42.4 Å². The van der Waals surface area contributed by atoms with Gasteiger partial charge in [0.15, 0.2) is 0 Å². The van der Waals surface area contributed by atoms with E-state index >= 15 is 0 Å². The van der Waals surface area contributed by atoms with Crippen LogP contribution < -0.4 is 0 Å². The van der Waals surface area contributed by atoms with Crippen LogP contribution in [0.3, 0.4) is 0 Å². The summed E-state index contributed by atoms with van der Waals surface area (Å²) in [5.41, 5.74) is 0. The van der Waals surface area contributed by atoms with Crippen molar-refractivity contribution in [3.63, 3.8) is 0 Å². The van der Waals surface area contributed by atoms with E-state index in [1.54, 1.807) is 0 Å². The maximum atomic E-state index is 12.4. The maximum absolute atomic E-state index is 12.4. The van der Waals surface area contributed by atoms with Crippen LogP contribution in [0, 0.1) is 0 Å². The molecule has 0 radical (unpaired) electrons. The molecule has 0 aromatic heterocycles. The largest absolute Gasteiger partial charge is 0.339 e. The molecule has 5 nitrogen and oxygen atoms in total. The first-order valence-electron chi connectivity index (χ1n) is 8.45. The number of hydrogen-bond donors (Lipinski definition) is 0. The zero-order valence-electron chi connectivity index (χ0n) is 14.2. The molecular formula is C16H32N4O. The molecule has 122 valence electrons. The van der Waals surface area contributed by atoms with Gasteiger partial charge in [-0.25, -0.2) is 0 Å². The van der Waals surface area contributed by atoms with E-state index in [1.807, 2.05) is 4.90 Å². The number of piperazine rings is 2. The lowest BCUT2D eigenvalue weighted by molar-refractivity contribution is -0.134. The number of carbonyl (C=O) groups excluding carboxylic acids is 1. The molecule has 0 saturated carbocycles. The predicted molar refractivity (Wildman–Crippen MR) is 86.4 cm³/mol. The Hall–Kier alpha value is -0.650. The van der Waals surface area contributed by atoms with Gasteiger partial charge in [0.05, 0.1) is 6.54 Å². The zero-order chi connectivity index (χ0) is 15.4. The van der Waals surface area contributed by atoms with E-state index in [4.69, 9.17) is 0 Å². The average Bonchev–Trinajstić information content (AvgIpc) is 2.47. The van der Waals surface area contributed by atoms with Crippen molar-refractivity contribution in [3.8, 4) is 0 Å². The third-order valence-electron chi connectivity index (χ3n) is 4.89. The quantitative estimate of drug-likeness (QED) is 0.758. The number of nitrogens with zero attached hydrogens (tertiary/aromatic N) is 4. The standard InChI is InChI=1S/C16H32N4O/c1-14(2)18-7-5-17(6-8-18)13-16(21)20-11-9-19(10-12-20)15(3)4/h14-15H,5-13H2,1-4H3. The van der Waals surface area contributed by atoms with Crippen molar-refractivity contribution in [1.29, 1.82) is 0 Å². The van der Waals surface area contributed by atoms with Gasteiger partial charge in [-0.15, -0.1) is 0 Å². The zero-order valence-corrected chi connectivity index (χ0v) is 14.2. The molecule has 2 aliphatic heterocycles. The van der Waals surface area contributed by atoms with Gasteiger partial charge < -0.3 is 4.90 Å². The smallest absolute Gasteiger partial charge is 0.236 e. The Morgan fingerprint density at radius 2 is 1.19 bits per heavy atom. The second-order valence-corrected chi connectivity index (χ2v) is 6.92. The summed E-state index contributed by atoms with van der Waals surface area (Å²) in [5, 5.41) is 0. The van der Waals surface area contributed by atoms with E-state index in [1.165, 1.54) is 0 Å². The Morgan fingerprint density at radius 1 is 0.762 bits per heavy atom. The Kier molecular flexibility index (Phi) is 6.02. The second kappa shape index (κ2) is 7.56. The Bertz CT molecular complexity index is 329. The van der Waals surface area contributed by atoms with Crippen molar-refractivity contribution in [3.05, 3.63) is 0 Å². The normalized spacial score (nSPS) is 23.2. The highest BCUT2D eigenvalue weighted by Gasteiger charge is 2.25. The summed E-state index contributed by atoms with van der Waals surface area (Å²) in [7, 11) is 0. The van der Waals surface area contributed by atoms with Crippen LogP contribution in [0.1, 0.15) is 27.7 Å². The Labute approximate surface area is 129 Å². The molecule has 0 unspecified atom stereocenters. The maximum Gasteiger partial charge on any atom is 0.236 e. The minimum atomic E-state index is 0.316. The molecule has 0 aromatic rings. The Morgan fingerprint density at radius 3 is 1.62 bits per heavy atom. The van der Waals surface area contributed by atoms with Crippen LogP contribution in [0.2, 0.25) is 0 Å². The van der Waals surface area contributed by atoms with Crippen molar-refractivity contribution in [2.24, 2.45) is 0 Å². The highest BCUT2D eigenvalue weighted by atomic mass is 16.2. The summed E-state index contributed by atoms with van der Waals surface area (Å²) in [4.78, 5) is 21.7. The summed E-state index contributed by atoms with van der Waals surface area (Å²) < 4.78 is 0. The molecule has 0 atom stereocenters. The first kappa shape index (κ1) is 16.7. The van der Waals surface area contributed by atoms with Crippen LogP contribution in [-0.4, -0.2) is 96.5 Å². The van der Waals surface area contributed by atoms with E-state index in [-0.39, 0.29) is 0 Å². The van der Waals surface area contributed by atoms with Crippen LogP contribution >= 0.6 is 0 Å². The SMILES string of the molecule is CC(C)N1CCN(CC(=O)N2CCN(C(C)C)CC2)CC1. The lowest BCUT2D eigenvalue weighted by Crippen LogP contribution is -2.55. The van der Waals surface area contributed by atoms with Gasteiger partial charge in [0.2, 0.25) is 5.91 Å². The van der Waals surface area contributed by atoms with Crippen molar-refractivity contribution in [2.45, 2.75) is 39.8 Å². The third-order valence-corrected chi connectivity index (χ3v) is 4.89. The Balaban J connectivity index is 1.71. The highest BCUT2D eigenvalue weighted by molar-refractivity contribution is 5.78. The van der Waals surface area contributed by atoms with Gasteiger partial charge >= 0.3 is 0 Å². The molecule has 0 spiro atoms. The fourth-order valence-corrected chi connectivity index (χ4v) is 3.22. The molecule has 5 heteroatoms. The molecule has 2 saturated heterocycles. The van der Waals surface area contributed by atoms with E-state index < -0.39 is 0 Å². The van der Waals surface area contributed by atoms with Gasteiger partial charge in [-0.3, -0.25) is 19.5 Å². The summed E-state index contributed by atoms with van der Waals surface area (Å²) in [6.45, 7) is 17.6. The van der Waals surface area contributed by atoms with Gasteiger partial charge in [-0.1, -0.05) is 0 Å². The minimum Gasteiger partial charge on any atom is -0.339 e. The number of rotatable bonds is 4. The molecule has 2 rings (SSSR count). The van der Waals surface area contributed by atoms with E-state index in [9.17, 15) is 4.79 Å². The molecule has 0 bridgehead atoms. The molecule has 0 N–H and O–H groups in total. The van der Waals surface area contributed by atoms with Gasteiger partial charge in [-0.05, 0) is 27.7 Å². The highest BCUT2D eigenvalue weighted by Crippen LogP contribution is 2.09.